The first-order valence-corrected chi connectivity index (χ1v) is 8.06. The molecule has 1 N–H and O–H groups in total. The van der Waals surface area contributed by atoms with Gasteiger partial charge in [0.15, 0.2) is 11.5 Å². The van der Waals surface area contributed by atoms with Gasteiger partial charge in [-0.25, -0.2) is 4.39 Å². The second-order valence-corrected chi connectivity index (χ2v) is 5.78. The summed E-state index contributed by atoms with van der Waals surface area (Å²) in [7, 11) is 0. The molecule has 0 fully saturated rings. The molecule has 0 spiro atoms. The van der Waals surface area contributed by atoms with E-state index < -0.39 is 0 Å². The number of rotatable bonds is 5. The van der Waals surface area contributed by atoms with Crippen LogP contribution >= 0.6 is 0 Å². The topological polar surface area (TPSA) is 47.6 Å². The van der Waals surface area contributed by atoms with Crippen molar-refractivity contribution in [3.05, 3.63) is 59.4 Å². The molecule has 0 saturated heterocycles. The SMILES string of the molecule is C[C@@H](NC(=O)CCc1ccccc1F)c1ccc2c(c1)OCCO2. The van der Waals surface area contributed by atoms with Crippen molar-refractivity contribution in [2.24, 2.45) is 0 Å². The molecule has 4 nitrogen and oxygen atoms in total. The lowest BCUT2D eigenvalue weighted by atomic mass is 10.1. The van der Waals surface area contributed by atoms with Gasteiger partial charge in [0.05, 0.1) is 6.04 Å². The van der Waals surface area contributed by atoms with E-state index >= 15 is 0 Å². The van der Waals surface area contributed by atoms with Crippen LogP contribution in [0.4, 0.5) is 4.39 Å². The molecule has 126 valence electrons. The quantitative estimate of drug-likeness (QED) is 0.914. The van der Waals surface area contributed by atoms with Crippen LogP contribution in [0.15, 0.2) is 42.5 Å². The van der Waals surface area contributed by atoms with Gasteiger partial charge in [0, 0.05) is 6.42 Å². The Hall–Kier alpha value is -2.56. The first kappa shape index (κ1) is 16.3. The summed E-state index contributed by atoms with van der Waals surface area (Å²) in [6, 6.07) is 12.0. The standard InChI is InChI=1S/C19H20FNO3/c1-13(15-6-8-17-18(12-15)24-11-10-23-17)21-19(22)9-7-14-4-2-3-5-16(14)20/h2-6,8,12-13H,7,9-11H2,1H3,(H,21,22)/t13-/m1/s1. The lowest BCUT2D eigenvalue weighted by molar-refractivity contribution is -0.121. The van der Waals surface area contributed by atoms with Crippen molar-refractivity contribution in [3.63, 3.8) is 0 Å². The first-order valence-electron chi connectivity index (χ1n) is 8.06. The molecule has 1 amide bonds. The predicted molar refractivity (Wildman–Crippen MR) is 88.7 cm³/mol. The smallest absolute Gasteiger partial charge is 0.220 e. The van der Waals surface area contributed by atoms with Crippen LogP contribution in [0.2, 0.25) is 0 Å². The first-order chi connectivity index (χ1) is 11.6. The summed E-state index contributed by atoms with van der Waals surface area (Å²) in [4.78, 5) is 12.1. The number of ether oxygens (including phenoxy) is 2. The third-order valence-corrected chi connectivity index (χ3v) is 4.02. The Kier molecular flexibility index (Phi) is 4.99. The fraction of sp³-hybridized carbons (Fsp3) is 0.316. The highest BCUT2D eigenvalue weighted by Crippen LogP contribution is 2.32. The zero-order valence-corrected chi connectivity index (χ0v) is 13.5. The van der Waals surface area contributed by atoms with E-state index in [1.54, 1.807) is 18.2 Å². The molecular weight excluding hydrogens is 309 g/mol. The molecule has 24 heavy (non-hydrogen) atoms. The molecule has 3 rings (SSSR count). The summed E-state index contributed by atoms with van der Waals surface area (Å²) in [6.07, 6.45) is 0.627. The van der Waals surface area contributed by atoms with Gasteiger partial charge in [-0.05, 0) is 42.7 Å². The fourth-order valence-electron chi connectivity index (χ4n) is 2.68. The number of carbonyl (C=O) groups is 1. The van der Waals surface area contributed by atoms with Gasteiger partial charge in [0.25, 0.3) is 0 Å². The average Bonchev–Trinajstić information content (AvgIpc) is 2.60. The minimum atomic E-state index is -0.273. The lowest BCUT2D eigenvalue weighted by Crippen LogP contribution is -2.27. The minimum Gasteiger partial charge on any atom is -0.486 e. The maximum Gasteiger partial charge on any atom is 0.220 e. The molecule has 0 bridgehead atoms. The van der Waals surface area contributed by atoms with E-state index in [0.29, 0.717) is 30.9 Å². The Labute approximate surface area is 140 Å². The molecule has 0 radical (unpaired) electrons. The molecule has 2 aromatic rings. The van der Waals surface area contributed by atoms with Crippen molar-refractivity contribution < 1.29 is 18.7 Å². The Balaban J connectivity index is 1.57. The number of benzene rings is 2. The highest BCUT2D eigenvalue weighted by Gasteiger charge is 2.16. The summed E-state index contributed by atoms with van der Waals surface area (Å²) >= 11 is 0. The zero-order valence-electron chi connectivity index (χ0n) is 13.5. The molecule has 5 heteroatoms. The summed E-state index contributed by atoms with van der Waals surface area (Å²) in [6.45, 7) is 2.99. The molecule has 0 aromatic heterocycles. The van der Waals surface area contributed by atoms with E-state index in [0.717, 1.165) is 11.3 Å². The lowest BCUT2D eigenvalue weighted by Gasteiger charge is -2.21. The third kappa shape index (κ3) is 3.85. The Morgan fingerprint density at radius 1 is 1.17 bits per heavy atom. The van der Waals surface area contributed by atoms with Crippen LogP contribution in [0.1, 0.15) is 30.5 Å². The number of amides is 1. The molecule has 0 unspecified atom stereocenters. The van der Waals surface area contributed by atoms with E-state index in [4.69, 9.17) is 9.47 Å². The highest BCUT2D eigenvalue weighted by atomic mass is 19.1. The number of nitrogens with one attached hydrogen (secondary N) is 1. The van der Waals surface area contributed by atoms with E-state index in [1.165, 1.54) is 6.07 Å². The predicted octanol–water partition coefficient (Wildman–Crippen LogP) is 3.41. The van der Waals surface area contributed by atoms with Gasteiger partial charge in [-0.2, -0.15) is 0 Å². The van der Waals surface area contributed by atoms with E-state index in [-0.39, 0.29) is 24.2 Å². The highest BCUT2D eigenvalue weighted by molar-refractivity contribution is 5.76. The van der Waals surface area contributed by atoms with Crippen molar-refractivity contribution in [2.75, 3.05) is 13.2 Å². The average molecular weight is 329 g/mol. The number of hydrogen-bond acceptors (Lipinski definition) is 3. The van der Waals surface area contributed by atoms with Crippen LogP contribution in [-0.2, 0) is 11.2 Å². The monoisotopic (exact) mass is 329 g/mol. The van der Waals surface area contributed by atoms with Crippen LogP contribution in [0.25, 0.3) is 0 Å². The van der Waals surface area contributed by atoms with Gasteiger partial charge < -0.3 is 14.8 Å². The van der Waals surface area contributed by atoms with Crippen molar-refractivity contribution in [1.82, 2.24) is 5.32 Å². The van der Waals surface area contributed by atoms with Gasteiger partial charge in [-0.1, -0.05) is 24.3 Å². The van der Waals surface area contributed by atoms with E-state index in [2.05, 4.69) is 5.32 Å². The van der Waals surface area contributed by atoms with Crippen LogP contribution in [0, 0.1) is 5.82 Å². The number of fused-ring (bicyclic) bond motifs is 1. The van der Waals surface area contributed by atoms with E-state index in [9.17, 15) is 9.18 Å². The number of aryl methyl sites for hydroxylation is 1. The summed E-state index contributed by atoms with van der Waals surface area (Å²) < 4.78 is 24.6. The summed E-state index contributed by atoms with van der Waals surface area (Å²) in [5.74, 6) is 1.04. The Bertz CT molecular complexity index is 732. The van der Waals surface area contributed by atoms with Gasteiger partial charge in [0.2, 0.25) is 5.91 Å². The molecular formula is C19H20FNO3. The van der Waals surface area contributed by atoms with Crippen molar-refractivity contribution in [3.8, 4) is 11.5 Å². The molecule has 0 aliphatic carbocycles. The molecule has 1 aliphatic heterocycles. The third-order valence-electron chi connectivity index (χ3n) is 4.02. The second-order valence-electron chi connectivity index (χ2n) is 5.78. The Morgan fingerprint density at radius 2 is 1.92 bits per heavy atom. The van der Waals surface area contributed by atoms with Crippen LogP contribution in [0.3, 0.4) is 0 Å². The zero-order chi connectivity index (χ0) is 16.9. The van der Waals surface area contributed by atoms with Crippen LogP contribution in [-0.4, -0.2) is 19.1 Å². The number of halogens is 1. The van der Waals surface area contributed by atoms with Gasteiger partial charge in [0.1, 0.15) is 19.0 Å². The molecule has 0 saturated carbocycles. The summed E-state index contributed by atoms with van der Waals surface area (Å²) in [5, 5.41) is 2.93. The van der Waals surface area contributed by atoms with Gasteiger partial charge in [-0.3, -0.25) is 4.79 Å². The summed E-state index contributed by atoms with van der Waals surface area (Å²) in [5.41, 5.74) is 1.50. The van der Waals surface area contributed by atoms with Gasteiger partial charge >= 0.3 is 0 Å². The maximum atomic E-state index is 13.6. The number of carbonyl (C=O) groups excluding carboxylic acids is 1. The fourth-order valence-corrected chi connectivity index (χ4v) is 2.68. The second kappa shape index (κ2) is 7.34. The van der Waals surface area contributed by atoms with Crippen molar-refractivity contribution >= 4 is 5.91 Å². The molecule has 2 aromatic carbocycles. The number of hydrogen-bond donors (Lipinski definition) is 1. The molecule has 1 atom stereocenters. The van der Waals surface area contributed by atoms with Gasteiger partial charge in [-0.15, -0.1) is 0 Å². The Morgan fingerprint density at radius 3 is 2.71 bits per heavy atom. The van der Waals surface area contributed by atoms with Crippen LogP contribution in [0.5, 0.6) is 11.5 Å². The van der Waals surface area contributed by atoms with E-state index in [1.807, 2.05) is 25.1 Å². The van der Waals surface area contributed by atoms with Crippen LogP contribution < -0.4 is 14.8 Å². The van der Waals surface area contributed by atoms with Crippen molar-refractivity contribution in [1.29, 1.82) is 0 Å². The largest absolute Gasteiger partial charge is 0.486 e. The van der Waals surface area contributed by atoms with Crippen molar-refractivity contribution in [2.45, 2.75) is 25.8 Å². The molecule has 1 aliphatic rings. The molecule has 1 heterocycles. The minimum absolute atomic E-state index is 0.111. The normalized spacial score (nSPS) is 14.1. The maximum absolute atomic E-state index is 13.6.